The van der Waals surface area contributed by atoms with Crippen LogP contribution in [0.4, 0.5) is 49.9 Å². The van der Waals surface area contributed by atoms with Crippen molar-refractivity contribution in [3.05, 3.63) is 72.1 Å². The zero-order valence-corrected chi connectivity index (χ0v) is 27.2. The molecule has 2 aromatic carbocycles. The number of hydrogen-bond donors (Lipinski definition) is 0. The van der Waals surface area contributed by atoms with Gasteiger partial charge < -0.3 is 24.0 Å². The van der Waals surface area contributed by atoms with E-state index in [1.807, 2.05) is 6.92 Å². The van der Waals surface area contributed by atoms with Gasteiger partial charge in [0, 0.05) is 44.8 Å². The summed E-state index contributed by atoms with van der Waals surface area (Å²) in [6, 6.07) is 5.41. The number of carbonyl (C=O) groups is 5. The van der Waals surface area contributed by atoms with Crippen LogP contribution < -0.4 is 19.6 Å². The summed E-state index contributed by atoms with van der Waals surface area (Å²) in [5.41, 5.74) is -0.354. The van der Waals surface area contributed by atoms with Gasteiger partial charge in [-0.2, -0.15) is 0 Å². The SMILES string of the molecule is CC[C@H]1CN(c2ccc(N3C=CC(=O)CC3)c(F)c2F)C(=O)O1.COC(=O)CC[C@H]1CN(c2ccc(N3C=CC(=O)CC3)c(F)c2F)C(=O)O1. The largest absolute Gasteiger partial charge is 0.469 e. The highest BCUT2D eigenvalue weighted by atomic mass is 19.2. The molecule has 4 aliphatic rings. The Morgan fingerprint density at radius 2 is 1.14 bits per heavy atom. The lowest BCUT2D eigenvalue weighted by molar-refractivity contribution is -0.141. The number of ketones is 2. The van der Waals surface area contributed by atoms with E-state index in [-0.39, 0.29) is 92.3 Å². The molecule has 0 spiro atoms. The summed E-state index contributed by atoms with van der Waals surface area (Å²) < 4.78 is 72.6. The number of ether oxygens (including phenoxy) is 3. The van der Waals surface area contributed by atoms with Crippen molar-refractivity contribution in [1.82, 2.24) is 0 Å². The van der Waals surface area contributed by atoms with Crippen LogP contribution in [-0.4, -0.2) is 75.2 Å². The fourth-order valence-corrected chi connectivity index (χ4v) is 5.62. The number of anilines is 4. The van der Waals surface area contributed by atoms with Crippen LogP contribution in [0.2, 0.25) is 0 Å². The standard InChI is InChI=1S/C18H18F2N2O5.C16H16F2N2O3/c1-26-15(24)5-2-12-10-22(18(25)27-12)14-4-3-13(16(19)17(14)20)21-8-6-11(23)7-9-21;1-2-11-9-20(16(22)23-11)13-4-3-12(14(17)15(13)18)19-7-5-10(21)6-8-19/h3-4,6,8,12H,2,5,7,9-10H2,1H3;3-5,7,11H,2,6,8-9H2,1H3/t12-;11-/m00/s1. The third-order valence-corrected chi connectivity index (χ3v) is 8.46. The van der Waals surface area contributed by atoms with Crippen LogP contribution in [0.1, 0.15) is 39.0 Å². The zero-order valence-electron chi connectivity index (χ0n) is 27.2. The summed E-state index contributed by atoms with van der Waals surface area (Å²) in [5.74, 6) is -5.01. The number of halogens is 4. The second-order valence-electron chi connectivity index (χ2n) is 11.7. The second kappa shape index (κ2) is 15.4. The third-order valence-electron chi connectivity index (χ3n) is 8.46. The van der Waals surface area contributed by atoms with E-state index in [9.17, 15) is 41.5 Å². The molecule has 12 nitrogen and oxygen atoms in total. The van der Waals surface area contributed by atoms with E-state index in [1.165, 1.54) is 65.7 Å². The Kier molecular flexibility index (Phi) is 11.1. The number of benzene rings is 2. The molecule has 0 bridgehead atoms. The number of methoxy groups -OCH3 is 1. The Labute approximate surface area is 284 Å². The number of nitrogens with zero attached hydrogens (tertiary/aromatic N) is 4. The van der Waals surface area contributed by atoms with Gasteiger partial charge >= 0.3 is 18.2 Å². The second-order valence-corrected chi connectivity index (χ2v) is 11.7. The topological polar surface area (TPSA) is 126 Å². The minimum atomic E-state index is -1.18. The van der Waals surface area contributed by atoms with Crippen molar-refractivity contribution >= 4 is 52.5 Å². The number of amides is 2. The summed E-state index contributed by atoms with van der Waals surface area (Å²) in [7, 11) is 1.25. The summed E-state index contributed by atoms with van der Waals surface area (Å²) in [6.07, 6.45) is 4.39. The Morgan fingerprint density at radius 1 is 0.720 bits per heavy atom. The van der Waals surface area contributed by atoms with Crippen molar-refractivity contribution in [2.24, 2.45) is 0 Å². The molecule has 50 heavy (non-hydrogen) atoms. The van der Waals surface area contributed by atoms with Crippen molar-refractivity contribution in [3.8, 4) is 0 Å². The molecule has 2 aromatic rings. The molecule has 2 amide bonds. The number of rotatable bonds is 8. The molecule has 0 aromatic heterocycles. The van der Waals surface area contributed by atoms with Gasteiger partial charge in [-0.25, -0.2) is 27.2 Å². The lowest BCUT2D eigenvalue weighted by Crippen LogP contribution is -2.28. The van der Waals surface area contributed by atoms with Crippen molar-refractivity contribution in [2.45, 2.75) is 51.2 Å². The number of allylic oxidation sites excluding steroid dienone is 2. The maximum Gasteiger partial charge on any atom is 0.414 e. The first-order valence-corrected chi connectivity index (χ1v) is 15.9. The molecule has 6 rings (SSSR count). The van der Waals surface area contributed by atoms with Crippen LogP contribution in [0.5, 0.6) is 0 Å². The summed E-state index contributed by atoms with van der Waals surface area (Å²) in [6.45, 7) is 2.58. The van der Waals surface area contributed by atoms with Crippen molar-refractivity contribution < 1.29 is 55.7 Å². The molecule has 2 fully saturated rings. The fraction of sp³-hybridized carbons (Fsp3) is 0.382. The number of esters is 1. The first-order chi connectivity index (χ1) is 23.9. The van der Waals surface area contributed by atoms with E-state index in [4.69, 9.17) is 9.47 Å². The maximum atomic E-state index is 14.6. The summed E-state index contributed by atoms with van der Waals surface area (Å²) >= 11 is 0. The monoisotopic (exact) mass is 702 g/mol. The van der Waals surface area contributed by atoms with Gasteiger partial charge in [0.2, 0.25) is 0 Å². The average molecular weight is 703 g/mol. The average Bonchev–Trinajstić information content (AvgIpc) is 3.68. The van der Waals surface area contributed by atoms with Crippen LogP contribution >= 0.6 is 0 Å². The van der Waals surface area contributed by atoms with Crippen LogP contribution in [0, 0.1) is 23.3 Å². The summed E-state index contributed by atoms with van der Waals surface area (Å²) in [5, 5.41) is 0. The van der Waals surface area contributed by atoms with Gasteiger partial charge in [0.25, 0.3) is 0 Å². The Morgan fingerprint density at radius 3 is 1.54 bits per heavy atom. The molecular weight excluding hydrogens is 668 g/mol. The third kappa shape index (κ3) is 7.74. The maximum absolute atomic E-state index is 14.6. The van der Waals surface area contributed by atoms with E-state index in [0.29, 0.717) is 6.42 Å². The molecule has 2 atom stereocenters. The first kappa shape index (κ1) is 35.9. The van der Waals surface area contributed by atoms with Crippen LogP contribution in [-0.2, 0) is 28.6 Å². The molecule has 16 heteroatoms. The normalized spacial score (nSPS) is 20.2. The van der Waals surface area contributed by atoms with Crippen LogP contribution in [0.25, 0.3) is 0 Å². The van der Waals surface area contributed by atoms with E-state index >= 15 is 0 Å². The predicted molar refractivity (Wildman–Crippen MR) is 172 cm³/mol. The molecule has 0 unspecified atom stereocenters. The fourth-order valence-electron chi connectivity index (χ4n) is 5.62. The molecule has 0 aliphatic carbocycles. The quantitative estimate of drug-likeness (QED) is 0.197. The first-order valence-electron chi connectivity index (χ1n) is 15.9. The number of hydrogen-bond acceptors (Lipinski definition) is 10. The van der Waals surface area contributed by atoms with E-state index in [0.717, 1.165) is 9.80 Å². The van der Waals surface area contributed by atoms with Gasteiger partial charge in [0.05, 0.1) is 42.9 Å². The Bertz CT molecular complexity index is 1750. The van der Waals surface area contributed by atoms with Gasteiger partial charge in [-0.15, -0.1) is 0 Å². The predicted octanol–water partition coefficient (Wildman–Crippen LogP) is 5.53. The lowest BCUT2D eigenvalue weighted by Gasteiger charge is -2.24. The van der Waals surface area contributed by atoms with Gasteiger partial charge in [-0.3, -0.25) is 24.2 Å². The molecule has 0 saturated carbocycles. The minimum absolute atomic E-state index is 0.00362. The van der Waals surface area contributed by atoms with Gasteiger partial charge in [0.15, 0.2) is 34.8 Å². The van der Waals surface area contributed by atoms with E-state index in [2.05, 4.69) is 4.74 Å². The molecule has 0 radical (unpaired) electrons. The highest BCUT2D eigenvalue weighted by Gasteiger charge is 2.36. The van der Waals surface area contributed by atoms with E-state index in [1.54, 1.807) is 0 Å². The van der Waals surface area contributed by atoms with Crippen LogP contribution in [0.3, 0.4) is 0 Å². The van der Waals surface area contributed by atoms with Gasteiger partial charge in [-0.05, 0) is 49.3 Å². The molecule has 0 N–H and O–H groups in total. The van der Waals surface area contributed by atoms with Gasteiger partial charge in [0.1, 0.15) is 12.2 Å². The van der Waals surface area contributed by atoms with Crippen molar-refractivity contribution in [2.75, 3.05) is 52.9 Å². The Hall–Kier alpha value is -5.41. The summed E-state index contributed by atoms with van der Waals surface area (Å²) in [4.78, 5) is 62.4. The molecular formula is C34H34F4N4O8. The Balaban J connectivity index is 0.000000197. The highest BCUT2D eigenvalue weighted by molar-refractivity contribution is 5.93. The van der Waals surface area contributed by atoms with Gasteiger partial charge in [-0.1, -0.05) is 6.92 Å². The molecule has 266 valence electrons. The minimum Gasteiger partial charge on any atom is -0.469 e. The van der Waals surface area contributed by atoms with E-state index < -0.39 is 47.5 Å². The van der Waals surface area contributed by atoms with Crippen LogP contribution in [0.15, 0.2) is 48.8 Å². The van der Waals surface area contributed by atoms with Crippen molar-refractivity contribution in [1.29, 1.82) is 0 Å². The molecule has 4 aliphatic heterocycles. The number of carbonyl (C=O) groups excluding carboxylic acids is 5. The highest BCUT2D eigenvalue weighted by Crippen LogP contribution is 2.34. The molecule has 2 saturated heterocycles. The number of cyclic esters (lactones) is 2. The molecule has 4 heterocycles. The van der Waals surface area contributed by atoms with Crippen molar-refractivity contribution in [3.63, 3.8) is 0 Å². The lowest BCUT2D eigenvalue weighted by atomic mass is 10.1. The zero-order chi connectivity index (χ0) is 36.1. The smallest absolute Gasteiger partial charge is 0.414 e.